The van der Waals surface area contributed by atoms with Gasteiger partial charge in [-0.15, -0.1) is 0 Å². The Labute approximate surface area is 130 Å². The largest absolute Gasteiger partial charge is 0.395 e. The van der Waals surface area contributed by atoms with Crippen LogP contribution in [0.4, 0.5) is 5.69 Å². The van der Waals surface area contributed by atoms with Crippen LogP contribution in [0.3, 0.4) is 0 Å². The molecule has 0 atom stereocenters. The molecule has 1 aromatic rings. The summed E-state index contributed by atoms with van der Waals surface area (Å²) in [6, 6.07) is 6.11. The number of nitrogens with one attached hydrogen (secondary N) is 1. The van der Waals surface area contributed by atoms with Crippen LogP contribution < -0.4 is 5.32 Å². The molecule has 1 aromatic carbocycles. The van der Waals surface area contributed by atoms with Gasteiger partial charge < -0.3 is 15.5 Å². The molecule has 3 N–H and O–H groups in total. The summed E-state index contributed by atoms with van der Waals surface area (Å²) in [5.74, 6) is 0. The first-order valence-corrected chi connectivity index (χ1v) is 8.13. The maximum Gasteiger partial charge on any atom is 0.244 e. The lowest BCUT2D eigenvalue weighted by Gasteiger charge is -2.26. The van der Waals surface area contributed by atoms with Crippen molar-refractivity contribution in [2.75, 3.05) is 32.1 Å². The molecule has 0 amide bonds. The first kappa shape index (κ1) is 18.4. The fraction of sp³-hybridized carbons (Fsp3) is 0.500. The molecular weight excluding hydrogens is 306 g/mol. The van der Waals surface area contributed by atoms with Crippen LogP contribution in [0, 0.1) is 11.3 Å². The van der Waals surface area contributed by atoms with E-state index in [2.05, 4.69) is 5.32 Å². The fourth-order valence-corrected chi connectivity index (χ4v) is 3.42. The van der Waals surface area contributed by atoms with E-state index in [9.17, 15) is 13.5 Å². The van der Waals surface area contributed by atoms with Gasteiger partial charge in [0.1, 0.15) is 4.90 Å². The van der Waals surface area contributed by atoms with Crippen LogP contribution in [-0.2, 0) is 10.0 Å². The van der Waals surface area contributed by atoms with Gasteiger partial charge in [-0.25, -0.2) is 8.42 Å². The lowest BCUT2D eigenvalue weighted by molar-refractivity contribution is 0.0640. The molecule has 0 saturated heterocycles. The van der Waals surface area contributed by atoms with Crippen molar-refractivity contribution >= 4 is 15.7 Å². The third-order valence-corrected chi connectivity index (χ3v) is 4.70. The van der Waals surface area contributed by atoms with E-state index in [0.717, 1.165) is 4.31 Å². The van der Waals surface area contributed by atoms with E-state index < -0.39 is 15.6 Å². The van der Waals surface area contributed by atoms with Crippen molar-refractivity contribution in [3.05, 3.63) is 23.8 Å². The van der Waals surface area contributed by atoms with Crippen LogP contribution in [0.1, 0.15) is 19.4 Å². The maximum absolute atomic E-state index is 12.6. The summed E-state index contributed by atoms with van der Waals surface area (Å²) in [4.78, 5) is -0.00769. The number of rotatable bonds is 7. The second kappa shape index (κ2) is 7.07. The number of anilines is 1. The van der Waals surface area contributed by atoms with Gasteiger partial charge in [0.05, 0.1) is 29.5 Å². The van der Waals surface area contributed by atoms with Crippen molar-refractivity contribution in [2.45, 2.75) is 24.3 Å². The smallest absolute Gasteiger partial charge is 0.244 e. The van der Waals surface area contributed by atoms with E-state index in [1.807, 2.05) is 6.07 Å². The zero-order chi connectivity index (χ0) is 17.0. The Morgan fingerprint density at radius 1 is 1.41 bits per heavy atom. The number of benzene rings is 1. The summed E-state index contributed by atoms with van der Waals surface area (Å²) in [6.07, 6.45) is 0. The number of likely N-dealkylation sites (N-methyl/N-ethyl adjacent to an activating group) is 1. The molecule has 1 rings (SSSR count). The highest BCUT2D eigenvalue weighted by Crippen LogP contribution is 2.26. The van der Waals surface area contributed by atoms with Crippen molar-refractivity contribution in [3.63, 3.8) is 0 Å². The molecule has 0 fully saturated rings. The van der Waals surface area contributed by atoms with Gasteiger partial charge in [0, 0.05) is 20.1 Å². The maximum atomic E-state index is 12.6. The Kier molecular flexibility index (Phi) is 5.91. The van der Waals surface area contributed by atoms with Gasteiger partial charge in [-0.2, -0.15) is 9.57 Å². The summed E-state index contributed by atoms with van der Waals surface area (Å²) >= 11 is 0. The minimum absolute atomic E-state index is 0.00769. The molecule has 0 unspecified atom stereocenters. The quantitative estimate of drug-likeness (QED) is 0.666. The SMILES string of the molecule is CN(CC(C)(C)O)S(=O)(=O)c1ccc(C#N)cc1NCCO. The molecule has 0 aromatic heterocycles. The van der Waals surface area contributed by atoms with Crippen molar-refractivity contribution < 1.29 is 18.6 Å². The third-order valence-electron chi connectivity index (χ3n) is 2.83. The van der Waals surface area contributed by atoms with Crippen LogP contribution >= 0.6 is 0 Å². The van der Waals surface area contributed by atoms with E-state index in [1.54, 1.807) is 0 Å². The normalized spacial score (nSPS) is 12.2. The third kappa shape index (κ3) is 4.68. The lowest BCUT2D eigenvalue weighted by Crippen LogP contribution is -2.39. The summed E-state index contributed by atoms with van der Waals surface area (Å²) in [6.45, 7) is 2.95. The van der Waals surface area contributed by atoms with E-state index in [-0.39, 0.29) is 30.3 Å². The molecule has 0 spiro atoms. The van der Waals surface area contributed by atoms with Gasteiger partial charge in [-0.1, -0.05) is 0 Å². The highest BCUT2D eigenvalue weighted by atomic mass is 32.2. The highest BCUT2D eigenvalue weighted by Gasteiger charge is 2.28. The predicted octanol–water partition coefficient (Wildman–Crippen LogP) is 0.354. The average molecular weight is 327 g/mol. The molecule has 0 heterocycles. The molecular formula is C14H21N3O4S. The molecule has 0 bridgehead atoms. The zero-order valence-corrected chi connectivity index (χ0v) is 13.7. The zero-order valence-electron chi connectivity index (χ0n) is 12.9. The topological polar surface area (TPSA) is 114 Å². The van der Waals surface area contributed by atoms with Crippen LogP contribution in [0.2, 0.25) is 0 Å². The summed E-state index contributed by atoms with van der Waals surface area (Å²) in [5, 5.41) is 30.4. The van der Waals surface area contributed by atoms with E-state index in [1.165, 1.54) is 39.1 Å². The number of aliphatic hydroxyl groups excluding tert-OH is 1. The predicted molar refractivity (Wildman–Crippen MR) is 82.8 cm³/mol. The first-order chi connectivity index (χ1) is 10.1. The number of nitriles is 1. The minimum atomic E-state index is -3.84. The van der Waals surface area contributed by atoms with E-state index >= 15 is 0 Å². The van der Waals surface area contributed by atoms with Crippen molar-refractivity contribution in [1.82, 2.24) is 4.31 Å². The Balaban J connectivity index is 3.26. The monoisotopic (exact) mass is 327 g/mol. The lowest BCUT2D eigenvalue weighted by atomic mass is 10.1. The number of hydrogen-bond donors (Lipinski definition) is 3. The second-order valence-electron chi connectivity index (χ2n) is 5.55. The van der Waals surface area contributed by atoms with Crippen molar-refractivity contribution in [2.24, 2.45) is 0 Å². The van der Waals surface area contributed by atoms with Crippen LogP contribution in [0.5, 0.6) is 0 Å². The Hall–Kier alpha value is -1.66. The van der Waals surface area contributed by atoms with Gasteiger partial charge in [0.25, 0.3) is 0 Å². The summed E-state index contributed by atoms with van der Waals surface area (Å²) in [5.41, 5.74) is -0.618. The van der Waals surface area contributed by atoms with Crippen LogP contribution in [0.25, 0.3) is 0 Å². The molecule has 0 radical (unpaired) electrons. The average Bonchev–Trinajstić information content (AvgIpc) is 2.42. The second-order valence-corrected chi connectivity index (χ2v) is 7.56. The van der Waals surface area contributed by atoms with Crippen LogP contribution in [0.15, 0.2) is 23.1 Å². The molecule has 122 valence electrons. The standard InChI is InChI=1S/C14H21N3O4S/c1-14(2,19)10-17(3)22(20,21)13-5-4-11(9-15)8-12(13)16-6-7-18/h4-5,8,16,18-19H,6-7,10H2,1-3H3. The molecule has 8 heteroatoms. The van der Waals surface area contributed by atoms with Gasteiger partial charge in [-0.3, -0.25) is 0 Å². The number of hydrogen-bond acceptors (Lipinski definition) is 6. The Bertz CT molecular complexity index is 660. The van der Waals surface area contributed by atoms with Crippen LogP contribution in [-0.4, -0.2) is 55.3 Å². The summed E-state index contributed by atoms with van der Waals surface area (Å²) < 4.78 is 26.3. The molecule has 7 nitrogen and oxygen atoms in total. The van der Waals surface area contributed by atoms with Gasteiger partial charge in [0.2, 0.25) is 10.0 Å². The van der Waals surface area contributed by atoms with E-state index in [0.29, 0.717) is 5.56 Å². The van der Waals surface area contributed by atoms with Crippen molar-refractivity contribution in [1.29, 1.82) is 5.26 Å². The van der Waals surface area contributed by atoms with Crippen molar-refractivity contribution in [3.8, 4) is 6.07 Å². The van der Waals surface area contributed by atoms with Gasteiger partial charge >= 0.3 is 0 Å². The molecule has 0 aliphatic heterocycles. The molecule has 0 saturated carbocycles. The highest BCUT2D eigenvalue weighted by molar-refractivity contribution is 7.89. The summed E-state index contributed by atoms with van der Waals surface area (Å²) in [7, 11) is -2.46. The fourth-order valence-electron chi connectivity index (χ4n) is 1.95. The molecule has 0 aliphatic rings. The molecule has 22 heavy (non-hydrogen) atoms. The van der Waals surface area contributed by atoms with Gasteiger partial charge in [-0.05, 0) is 32.0 Å². The number of nitrogens with zero attached hydrogens (tertiary/aromatic N) is 2. The molecule has 0 aliphatic carbocycles. The Morgan fingerprint density at radius 3 is 2.55 bits per heavy atom. The Morgan fingerprint density at radius 2 is 2.05 bits per heavy atom. The number of aliphatic hydroxyl groups is 2. The number of sulfonamides is 1. The first-order valence-electron chi connectivity index (χ1n) is 6.69. The van der Waals surface area contributed by atoms with E-state index in [4.69, 9.17) is 10.4 Å². The minimum Gasteiger partial charge on any atom is -0.395 e. The van der Waals surface area contributed by atoms with Gasteiger partial charge in [0.15, 0.2) is 0 Å².